The molecule has 0 bridgehead atoms. The highest BCUT2D eigenvalue weighted by Crippen LogP contribution is 2.27. The smallest absolute Gasteiger partial charge is 0.0719 e. The van der Waals surface area contributed by atoms with Gasteiger partial charge in [0.15, 0.2) is 0 Å². The standard InChI is InChI=1S/C15H16O/c1-11(2)13-9-8-12(10-16-3)14-6-4-5-7-15(13)14/h4-9H,1,10H2,2-3H3. The zero-order valence-electron chi connectivity index (χ0n) is 9.79. The zero-order valence-corrected chi connectivity index (χ0v) is 9.79. The highest BCUT2D eigenvalue weighted by Gasteiger charge is 2.05. The van der Waals surface area contributed by atoms with Gasteiger partial charge in [0.25, 0.3) is 0 Å². The molecule has 1 heteroatoms. The molecule has 0 heterocycles. The summed E-state index contributed by atoms with van der Waals surface area (Å²) in [6, 6.07) is 12.6. The Morgan fingerprint density at radius 2 is 1.81 bits per heavy atom. The SMILES string of the molecule is C=C(C)c1ccc(COC)c2ccccc12. The minimum atomic E-state index is 0.650. The first-order valence-electron chi connectivity index (χ1n) is 5.39. The maximum absolute atomic E-state index is 5.21. The molecule has 0 N–H and O–H groups in total. The molecule has 2 rings (SSSR count). The van der Waals surface area contributed by atoms with E-state index in [1.54, 1.807) is 7.11 Å². The van der Waals surface area contributed by atoms with E-state index in [2.05, 4.69) is 43.0 Å². The van der Waals surface area contributed by atoms with Crippen LogP contribution in [0.2, 0.25) is 0 Å². The number of allylic oxidation sites excluding steroid dienone is 1. The van der Waals surface area contributed by atoms with Gasteiger partial charge < -0.3 is 4.74 Å². The highest BCUT2D eigenvalue weighted by molar-refractivity contribution is 5.95. The van der Waals surface area contributed by atoms with Gasteiger partial charge in [0, 0.05) is 7.11 Å². The maximum atomic E-state index is 5.21. The summed E-state index contributed by atoms with van der Waals surface area (Å²) in [6.07, 6.45) is 0. The first-order valence-corrected chi connectivity index (χ1v) is 5.39. The van der Waals surface area contributed by atoms with Gasteiger partial charge in [-0.05, 0) is 28.8 Å². The molecule has 0 atom stereocenters. The minimum absolute atomic E-state index is 0.650. The fraction of sp³-hybridized carbons (Fsp3) is 0.200. The molecule has 0 aliphatic carbocycles. The van der Waals surface area contributed by atoms with Crippen LogP contribution in [-0.4, -0.2) is 7.11 Å². The second kappa shape index (κ2) is 4.50. The number of hydrogen-bond acceptors (Lipinski definition) is 1. The van der Waals surface area contributed by atoms with E-state index in [1.165, 1.54) is 21.9 Å². The Morgan fingerprint density at radius 3 is 2.44 bits per heavy atom. The van der Waals surface area contributed by atoms with Gasteiger partial charge in [0.1, 0.15) is 0 Å². The van der Waals surface area contributed by atoms with Crippen LogP contribution in [0.1, 0.15) is 18.1 Å². The molecular formula is C15H16O. The van der Waals surface area contributed by atoms with E-state index in [0.717, 1.165) is 5.57 Å². The quantitative estimate of drug-likeness (QED) is 0.746. The molecule has 0 unspecified atom stereocenters. The van der Waals surface area contributed by atoms with Crippen molar-refractivity contribution in [3.63, 3.8) is 0 Å². The van der Waals surface area contributed by atoms with Crippen LogP contribution in [0.25, 0.3) is 16.3 Å². The Morgan fingerprint density at radius 1 is 1.12 bits per heavy atom. The number of rotatable bonds is 3. The van der Waals surface area contributed by atoms with E-state index in [0.29, 0.717) is 6.61 Å². The van der Waals surface area contributed by atoms with Gasteiger partial charge >= 0.3 is 0 Å². The molecule has 0 radical (unpaired) electrons. The average Bonchev–Trinajstić information content (AvgIpc) is 2.29. The van der Waals surface area contributed by atoms with E-state index in [4.69, 9.17) is 4.74 Å². The van der Waals surface area contributed by atoms with Crippen LogP contribution in [-0.2, 0) is 11.3 Å². The Hall–Kier alpha value is -1.60. The van der Waals surface area contributed by atoms with Crippen molar-refractivity contribution in [1.29, 1.82) is 0 Å². The summed E-state index contributed by atoms with van der Waals surface area (Å²) >= 11 is 0. The lowest BCUT2D eigenvalue weighted by Crippen LogP contribution is -1.91. The van der Waals surface area contributed by atoms with Gasteiger partial charge in [-0.15, -0.1) is 0 Å². The van der Waals surface area contributed by atoms with Gasteiger partial charge in [-0.2, -0.15) is 0 Å². The first-order chi connectivity index (χ1) is 7.74. The fourth-order valence-corrected chi connectivity index (χ4v) is 2.02. The molecule has 82 valence electrons. The number of methoxy groups -OCH3 is 1. The van der Waals surface area contributed by atoms with Crippen molar-refractivity contribution in [3.05, 3.63) is 54.1 Å². The second-order valence-electron chi connectivity index (χ2n) is 4.03. The van der Waals surface area contributed by atoms with Crippen LogP contribution >= 0.6 is 0 Å². The third-order valence-electron chi connectivity index (χ3n) is 2.77. The third-order valence-corrected chi connectivity index (χ3v) is 2.77. The van der Waals surface area contributed by atoms with Crippen LogP contribution < -0.4 is 0 Å². The molecule has 0 aromatic heterocycles. The molecule has 0 fully saturated rings. The molecule has 2 aromatic rings. The molecule has 0 spiro atoms. The number of fused-ring (bicyclic) bond motifs is 1. The summed E-state index contributed by atoms with van der Waals surface area (Å²) in [5, 5.41) is 2.51. The van der Waals surface area contributed by atoms with Gasteiger partial charge in [0.05, 0.1) is 6.61 Å². The van der Waals surface area contributed by atoms with E-state index in [-0.39, 0.29) is 0 Å². The third kappa shape index (κ3) is 1.86. The summed E-state index contributed by atoms with van der Waals surface area (Å²) < 4.78 is 5.21. The van der Waals surface area contributed by atoms with Gasteiger partial charge in [-0.25, -0.2) is 0 Å². The molecule has 0 saturated carbocycles. The lowest BCUT2D eigenvalue weighted by molar-refractivity contribution is 0.186. The van der Waals surface area contributed by atoms with Crippen molar-refractivity contribution in [2.24, 2.45) is 0 Å². The number of ether oxygens (including phenoxy) is 1. The first kappa shape index (κ1) is 10.9. The lowest BCUT2D eigenvalue weighted by Gasteiger charge is -2.10. The van der Waals surface area contributed by atoms with Gasteiger partial charge in [0.2, 0.25) is 0 Å². The van der Waals surface area contributed by atoms with Gasteiger partial charge in [-0.1, -0.05) is 48.6 Å². The molecule has 1 nitrogen and oxygen atoms in total. The van der Waals surface area contributed by atoms with Crippen LogP contribution in [0.3, 0.4) is 0 Å². The fourth-order valence-electron chi connectivity index (χ4n) is 2.02. The van der Waals surface area contributed by atoms with Crippen molar-refractivity contribution in [2.45, 2.75) is 13.5 Å². The predicted molar refractivity (Wildman–Crippen MR) is 69.4 cm³/mol. The summed E-state index contributed by atoms with van der Waals surface area (Å²) in [4.78, 5) is 0. The zero-order chi connectivity index (χ0) is 11.5. The van der Waals surface area contributed by atoms with E-state index < -0.39 is 0 Å². The number of benzene rings is 2. The normalized spacial score (nSPS) is 10.6. The molecule has 0 aliphatic rings. The largest absolute Gasteiger partial charge is 0.380 e. The Labute approximate surface area is 96.4 Å². The average molecular weight is 212 g/mol. The van der Waals surface area contributed by atoms with Crippen molar-refractivity contribution in [1.82, 2.24) is 0 Å². The van der Waals surface area contributed by atoms with Gasteiger partial charge in [-0.3, -0.25) is 0 Å². The Kier molecular flexibility index (Phi) is 3.07. The molecule has 2 aromatic carbocycles. The van der Waals surface area contributed by atoms with Crippen LogP contribution in [0, 0.1) is 0 Å². The second-order valence-corrected chi connectivity index (χ2v) is 4.03. The topological polar surface area (TPSA) is 9.23 Å². The predicted octanol–water partition coefficient (Wildman–Crippen LogP) is 4.02. The Bertz CT molecular complexity index is 526. The summed E-state index contributed by atoms with van der Waals surface area (Å²) in [5.41, 5.74) is 3.54. The highest BCUT2D eigenvalue weighted by atomic mass is 16.5. The molecular weight excluding hydrogens is 196 g/mol. The van der Waals surface area contributed by atoms with E-state index >= 15 is 0 Å². The van der Waals surface area contributed by atoms with Crippen molar-refractivity contribution < 1.29 is 4.74 Å². The van der Waals surface area contributed by atoms with Crippen LogP contribution in [0.15, 0.2) is 43.0 Å². The van der Waals surface area contributed by atoms with Crippen LogP contribution in [0.5, 0.6) is 0 Å². The van der Waals surface area contributed by atoms with Crippen LogP contribution in [0.4, 0.5) is 0 Å². The summed E-state index contributed by atoms with van der Waals surface area (Å²) in [6.45, 7) is 6.71. The van der Waals surface area contributed by atoms with E-state index in [1.807, 2.05) is 6.92 Å². The molecule has 0 saturated heterocycles. The van der Waals surface area contributed by atoms with Crippen molar-refractivity contribution in [3.8, 4) is 0 Å². The van der Waals surface area contributed by atoms with Crippen molar-refractivity contribution >= 4 is 16.3 Å². The lowest BCUT2D eigenvalue weighted by atomic mass is 9.96. The summed E-state index contributed by atoms with van der Waals surface area (Å²) in [5.74, 6) is 0. The number of hydrogen-bond donors (Lipinski definition) is 0. The Balaban J connectivity index is 2.71. The molecule has 16 heavy (non-hydrogen) atoms. The monoisotopic (exact) mass is 212 g/mol. The van der Waals surface area contributed by atoms with Crippen molar-refractivity contribution in [2.75, 3.05) is 7.11 Å². The molecule has 0 amide bonds. The summed E-state index contributed by atoms with van der Waals surface area (Å²) in [7, 11) is 1.72. The maximum Gasteiger partial charge on any atom is 0.0719 e. The minimum Gasteiger partial charge on any atom is -0.380 e. The van der Waals surface area contributed by atoms with E-state index in [9.17, 15) is 0 Å². The molecule has 0 aliphatic heterocycles.